The van der Waals surface area contributed by atoms with Crippen molar-refractivity contribution in [2.75, 3.05) is 11.5 Å². The third-order valence-corrected chi connectivity index (χ3v) is 8.69. The minimum Gasteiger partial charge on any atom is -0.435 e. The molecule has 1 unspecified atom stereocenters. The zero-order valence-corrected chi connectivity index (χ0v) is 20.4. The Labute approximate surface area is 211 Å². The van der Waals surface area contributed by atoms with Gasteiger partial charge in [0.25, 0.3) is 0 Å². The number of carbonyl (C=O) groups excluding carboxylic acids is 1. The van der Waals surface area contributed by atoms with Gasteiger partial charge in [-0.15, -0.1) is 0 Å². The molecule has 3 heterocycles. The molecule has 0 spiro atoms. The van der Waals surface area contributed by atoms with Crippen LogP contribution in [0.3, 0.4) is 0 Å². The van der Waals surface area contributed by atoms with E-state index in [2.05, 4.69) is 20.1 Å². The molecule has 0 saturated carbocycles. The van der Waals surface area contributed by atoms with Gasteiger partial charge in [0.2, 0.25) is 5.91 Å². The van der Waals surface area contributed by atoms with Gasteiger partial charge >= 0.3 is 6.61 Å². The van der Waals surface area contributed by atoms with Crippen LogP contribution in [0.4, 0.5) is 17.6 Å². The first-order valence-corrected chi connectivity index (χ1v) is 13.3. The number of fused-ring (bicyclic) bond motifs is 1. The number of amides is 1. The van der Waals surface area contributed by atoms with Crippen LogP contribution in [0.15, 0.2) is 36.5 Å². The van der Waals surface area contributed by atoms with Crippen LogP contribution >= 0.6 is 10.6 Å². The first-order chi connectivity index (χ1) is 17.4. The highest BCUT2D eigenvalue weighted by Crippen LogP contribution is 2.54. The van der Waals surface area contributed by atoms with Gasteiger partial charge in [-0.2, -0.15) is 24.5 Å². The Hall–Kier alpha value is -3.16. The molecule has 1 atom stereocenters. The number of nitrogens with one attached hydrogen (secondary N) is 1. The van der Waals surface area contributed by atoms with E-state index in [0.29, 0.717) is 41.4 Å². The van der Waals surface area contributed by atoms with Gasteiger partial charge in [0, 0.05) is 29.5 Å². The van der Waals surface area contributed by atoms with E-state index in [1.54, 1.807) is 13.0 Å². The first-order valence-electron chi connectivity index (χ1n) is 11.5. The largest absolute Gasteiger partial charge is 0.435 e. The number of rotatable bonds is 6. The average Bonchev–Trinajstić information content (AvgIpc) is 3.16. The highest BCUT2D eigenvalue weighted by molar-refractivity contribution is 8.25. The van der Waals surface area contributed by atoms with Gasteiger partial charge in [0.15, 0.2) is 11.6 Å². The second-order valence-corrected chi connectivity index (χ2v) is 11.8. The van der Waals surface area contributed by atoms with Crippen LogP contribution < -0.4 is 10.1 Å². The Morgan fingerprint density at radius 3 is 2.70 bits per heavy atom. The lowest BCUT2D eigenvalue weighted by Gasteiger charge is -2.54. The number of carbonyl (C=O) groups is 1. The normalized spacial score (nSPS) is 20.6. The molecule has 8 nitrogen and oxygen atoms in total. The van der Waals surface area contributed by atoms with E-state index < -0.39 is 40.3 Å². The average molecular weight is 541 g/mol. The second-order valence-electron chi connectivity index (χ2n) is 9.63. The molecule has 1 aliphatic carbocycles. The van der Waals surface area contributed by atoms with Crippen molar-refractivity contribution in [3.05, 3.63) is 59.4 Å². The Morgan fingerprint density at radius 2 is 2.03 bits per heavy atom. The topological polar surface area (TPSA) is 110 Å². The minimum absolute atomic E-state index is 0.0744. The van der Waals surface area contributed by atoms with Crippen molar-refractivity contribution in [2.45, 2.75) is 38.3 Å². The van der Waals surface area contributed by atoms with E-state index in [1.807, 2.05) is 0 Å². The van der Waals surface area contributed by atoms with Gasteiger partial charge in [0.1, 0.15) is 11.6 Å². The molecule has 1 amide bonds. The molecule has 5 rings (SSSR count). The van der Waals surface area contributed by atoms with Gasteiger partial charge < -0.3 is 10.1 Å². The van der Waals surface area contributed by atoms with Crippen molar-refractivity contribution in [3.8, 4) is 22.8 Å². The summed E-state index contributed by atoms with van der Waals surface area (Å²) in [5.41, 5.74) is 1.29. The van der Waals surface area contributed by atoms with E-state index in [-0.39, 0.29) is 35.4 Å². The Bertz CT molecular complexity index is 1360. The van der Waals surface area contributed by atoms with Crippen LogP contribution in [0, 0.1) is 17.6 Å². The maximum atomic E-state index is 14.7. The fourth-order valence-corrected chi connectivity index (χ4v) is 7.18. The quantitative estimate of drug-likeness (QED) is 0.396. The lowest BCUT2D eigenvalue weighted by Crippen LogP contribution is -2.62. The van der Waals surface area contributed by atoms with E-state index in [4.69, 9.17) is 0 Å². The van der Waals surface area contributed by atoms with Crippen molar-refractivity contribution in [1.29, 1.82) is 0 Å². The van der Waals surface area contributed by atoms with Crippen molar-refractivity contribution in [2.24, 2.45) is 5.92 Å². The minimum atomic E-state index is -3.01. The number of aromatic nitrogens is 3. The van der Waals surface area contributed by atoms with Crippen LogP contribution in [0.2, 0.25) is 0 Å². The summed E-state index contributed by atoms with van der Waals surface area (Å²) < 4.78 is 79.0. The molecule has 198 valence electrons. The molecule has 1 saturated heterocycles. The zero-order chi connectivity index (χ0) is 26.5. The lowest BCUT2D eigenvalue weighted by molar-refractivity contribution is -0.126. The summed E-state index contributed by atoms with van der Waals surface area (Å²) in [7, 11) is -2.67. The third kappa shape index (κ3) is 5.15. The summed E-state index contributed by atoms with van der Waals surface area (Å²) in [6, 6.07) is 6.61. The summed E-state index contributed by atoms with van der Waals surface area (Å²) in [6.07, 6.45) is 1.81. The van der Waals surface area contributed by atoms with Crippen LogP contribution in [-0.2, 0) is 17.6 Å². The van der Waals surface area contributed by atoms with Crippen molar-refractivity contribution in [3.63, 3.8) is 0 Å². The molecular weight excluding hydrogens is 516 g/mol. The van der Waals surface area contributed by atoms with Crippen molar-refractivity contribution >= 4 is 16.5 Å². The highest BCUT2D eigenvalue weighted by Gasteiger charge is 2.46. The van der Waals surface area contributed by atoms with Gasteiger partial charge in [-0.05, 0) is 31.9 Å². The molecule has 1 aromatic carbocycles. The molecule has 37 heavy (non-hydrogen) atoms. The number of alkyl halides is 2. The fourth-order valence-electron chi connectivity index (χ4n) is 5.08. The summed E-state index contributed by atoms with van der Waals surface area (Å²) in [5, 5.41) is 7.41. The predicted octanol–water partition coefficient (Wildman–Crippen LogP) is 4.56. The number of hydrogen-bond donors (Lipinski definition) is 3. The van der Waals surface area contributed by atoms with Gasteiger partial charge in [-0.3, -0.25) is 13.9 Å². The van der Waals surface area contributed by atoms with E-state index >= 15 is 0 Å². The molecule has 0 bridgehead atoms. The SMILES string of the molecule is CC1(NC(=O)C2CCc3c(-c4cccc(OC(F)F)c4)nn(-c4ncc(F)cc4F)c3C2)CS(O)(O)C1. The van der Waals surface area contributed by atoms with E-state index in [9.17, 15) is 31.5 Å². The molecule has 3 aromatic rings. The van der Waals surface area contributed by atoms with Gasteiger partial charge in [0.05, 0.1) is 34.6 Å². The summed E-state index contributed by atoms with van der Waals surface area (Å²) in [6.45, 7) is -1.27. The predicted molar refractivity (Wildman–Crippen MR) is 128 cm³/mol. The molecule has 1 aliphatic heterocycles. The highest BCUT2D eigenvalue weighted by atomic mass is 32.3. The Kier molecular flexibility index (Phi) is 6.40. The van der Waals surface area contributed by atoms with Crippen LogP contribution in [-0.4, -0.2) is 53.4 Å². The van der Waals surface area contributed by atoms with Gasteiger partial charge in [-0.25, -0.2) is 18.4 Å². The maximum Gasteiger partial charge on any atom is 0.387 e. The first kappa shape index (κ1) is 25.5. The lowest BCUT2D eigenvalue weighted by atomic mass is 9.84. The number of pyridine rings is 1. The van der Waals surface area contributed by atoms with Gasteiger partial charge in [-0.1, -0.05) is 12.1 Å². The van der Waals surface area contributed by atoms with Crippen LogP contribution in [0.1, 0.15) is 24.6 Å². The molecule has 13 heteroatoms. The Balaban J connectivity index is 1.51. The smallest absolute Gasteiger partial charge is 0.387 e. The van der Waals surface area contributed by atoms with E-state index in [0.717, 1.165) is 6.20 Å². The summed E-state index contributed by atoms with van der Waals surface area (Å²) in [4.78, 5) is 17.0. The van der Waals surface area contributed by atoms with Crippen LogP contribution in [0.25, 0.3) is 17.1 Å². The second kappa shape index (κ2) is 9.30. The molecule has 3 N–H and O–H groups in total. The molecule has 0 radical (unpaired) electrons. The monoisotopic (exact) mass is 540 g/mol. The van der Waals surface area contributed by atoms with Crippen molar-refractivity contribution in [1.82, 2.24) is 20.1 Å². The Morgan fingerprint density at radius 1 is 1.27 bits per heavy atom. The number of ether oxygens (including phenoxy) is 1. The van der Waals surface area contributed by atoms with Crippen molar-refractivity contribution < 1.29 is 36.2 Å². The number of nitrogens with zero attached hydrogens (tertiary/aromatic N) is 3. The number of halogens is 4. The maximum absolute atomic E-state index is 14.7. The summed E-state index contributed by atoms with van der Waals surface area (Å²) in [5.74, 6) is -2.80. The van der Waals surface area contributed by atoms with E-state index in [1.165, 1.54) is 22.9 Å². The number of hydrogen-bond acceptors (Lipinski definition) is 6. The molecule has 2 aliphatic rings. The third-order valence-electron chi connectivity index (χ3n) is 6.49. The number of benzene rings is 1. The fraction of sp³-hybridized carbons (Fsp3) is 0.375. The standard InChI is InChI=1S/C24H24F4N4O4S/c1-24(11-37(34,35)12-24)30-22(33)14-5-6-17-19(8-14)32(21-18(26)9-15(25)10-29-21)31-20(17)13-3-2-4-16(7-13)36-23(27)28/h2-4,7,9-10,14,23,34-35H,5-6,8,11-12H2,1H3,(H,30,33). The summed E-state index contributed by atoms with van der Waals surface area (Å²) >= 11 is 0. The molecule has 2 aromatic heterocycles. The zero-order valence-electron chi connectivity index (χ0n) is 19.6. The molecular formula is C24H24F4N4O4S. The molecule has 1 fully saturated rings. The van der Waals surface area contributed by atoms with Crippen LogP contribution in [0.5, 0.6) is 5.75 Å².